The van der Waals surface area contributed by atoms with Crippen LogP contribution in [-0.2, 0) is 6.42 Å². The Labute approximate surface area is 111 Å². The second-order valence-electron chi connectivity index (χ2n) is 4.00. The second-order valence-corrected chi connectivity index (χ2v) is 4.40. The van der Waals surface area contributed by atoms with Crippen LogP contribution in [0, 0.1) is 6.92 Å². The van der Waals surface area contributed by atoms with Crippen molar-refractivity contribution in [1.29, 1.82) is 0 Å². The van der Waals surface area contributed by atoms with Crippen LogP contribution in [0.4, 0.5) is 5.82 Å². The van der Waals surface area contributed by atoms with E-state index in [-0.39, 0.29) is 0 Å². The summed E-state index contributed by atoms with van der Waals surface area (Å²) in [4.78, 5) is 8.53. The Hall–Kier alpha value is -1.81. The van der Waals surface area contributed by atoms with Crippen LogP contribution >= 0.6 is 11.6 Å². The second kappa shape index (κ2) is 5.23. The minimum atomic E-state index is 0.483. The zero-order valence-electron chi connectivity index (χ0n) is 10.3. The lowest BCUT2D eigenvalue weighted by Crippen LogP contribution is -2.02. The van der Waals surface area contributed by atoms with Gasteiger partial charge < -0.3 is 10.5 Å². The van der Waals surface area contributed by atoms with Gasteiger partial charge in [0.05, 0.1) is 12.1 Å². The number of anilines is 1. The van der Waals surface area contributed by atoms with E-state index in [0.29, 0.717) is 28.8 Å². The average molecular weight is 264 g/mol. The molecular weight excluding hydrogens is 250 g/mol. The number of hydrogen-bond donors (Lipinski definition) is 1. The van der Waals surface area contributed by atoms with Gasteiger partial charge in [-0.2, -0.15) is 0 Å². The maximum absolute atomic E-state index is 6.07. The molecule has 18 heavy (non-hydrogen) atoms. The summed E-state index contributed by atoms with van der Waals surface area (Å²) in [7, 11) is 1.59. The van der Waals surface area contributed by atoms with Crippen LogP contribution in [0.2, 0.25) is 5.02 Å². The van der Waals surface area contributed by atoms with Crippen molar-refractivity contribution in [3.8, 4) is 5.75 Å². The first-order chi connectivity index (χ1) is 8.58. The SMILES string of the molecule is COc1ccc(Cc2nc(C)cc(N)n2)cc1Cl. The molecule has 0 aliphatic rings. The summed E-state index contributed by atoms with van der Waals surface area (Å²) in [5.41, 5.74) is 7.57. The highest BCUT2D eigenvalue weighted by Gasteiger charge is 2.05. The quantitative estimate of drug-likeness (QED) is 0.925. The topological polar surface area (TPSA) is 61.0 Å². The summed E-state index contributed by atoms with van der Waals surface area (Å²) in [5, 5.41) is 0.579. The van der Waals surface area contributed by atoms with E-state index in [1.807, 2.05) is 25.1 Å². The van der Waals surface area contributed by atoms with Gasteiger partial charge in [0.15, 0.2) is 0 Å². The van der Waals surface area contributed by atoms with Crippen molar-refractivity contribution in [3.05, 3.63) is 46.4 Å². The fourth-order valence-corrected chi connectivity index (χ4v) is 2.02. The number of rotatable bonds is 3. The molecular formula is C13H14ClN3O. The minimum Gasteiger partial charge on any atom is -0.495 e. The van der Waals surface area contributed by atoms with Crippen LogP contribution < -0.4 is 10.5 Å². The molecule has 1 aromatic heterocycles. The lowest BCUT2D eigenvalue weighted by atomic mass is 10.1. The summed E-state index contributed by atoms with van der Waals surface area (Å²) in [5.74, 6) is 1.83. The normalized spacial score (nSPS) is 10.4. The van der Waals surface area contributed by atoms with Crippen molar-refractivity contribution in [2.45, 2.75) is 13.3 Å². The maximum atomic E-state index is 6.07. The van der Waals surface area contributed by atoms with E-state index in [0.717, 1.165) is 11.3 Å². The van der Waals surface area contributed by atoms with E-state index in [9.17, 15) is 0 Å². The molecule has 0 bridgehead atoms. The van der Waals surface area contributed by atoms with Crippen molar-refractivity contribution < 1.29 is 4.74 Å². The van der Waals surface area contributed by atoms with E-state index < -0.39 is 0 Å². The summed E-state index contributed by atoms with van der Waals surface area (Å²) in [6.07, 6.45) is 0.593. The lowest BCUT2D eigenvalue weighted by Gasteiger charge is -2.06. The molecule has 0 saturated carbocycles. The molecule has 0 amide bonds. The molecule has 0 radical (unpaired) electrons. The predicted molar refractivity (Wildman–Crippen MR) is 72.0 cm³/mol. The first kappa shape index (κ1) is 12.6. The third-order valence-corrected chi connectivity index (χ3v) is 2.79. The molecule has 2 aromatic rings. The highest BCUT2D eigenvalue weighted by Crippen LogP contribution is 2.25. The van der Waals surface area contributed by atoms with E-state index >= 15 is 0 Å². The molecule has 1 heterocycles. The predicted octanol–water partition coefficient (Wildman–Crippen LogP) is 2.62. The molecule has 4 nitrogen and oxygen atoms in total. The van der Waals surface area contributed by atoms with Crippen molar-refractivity contribution in [3.63, 3.8) is 0 Å². The van der Waals surface area contributed by atoms with Crippen LogP contribution in [0.3, 0.4) is 0 Å². The number of aryl methyl sites for hydroxylation is 1. The van der Waals surface area contributed by atoms with E-state index in [1.165, 1.54) is 0 Å². The Bertz CT molecular complexity index is 552. The third-order valence-electron chi connectivity index (χ3n) is 2.50. The molecule has 0 fully saturated rings. The minimum absolute atomic E-state index is 0.483. The molecule has 0 spiro atoms. The maximum Gasteiger partial charge on any atom is 0.137 e. The molecule has 0 atom stereocenters. The summed E-state index contributed by atoms with van der Waals surface area (Å²) < 4.78 is 5.11. The molecule has 0 aliphatic heterocycles. The monoisotopic (exact) mass is 263 g/mol. The first-order valence-electron chi connectivity index (χ1n) is 5.51. The number of ether oxygens (including phenoxy) is 1. The molecule has 1 aromatic carbocycles. The Balaban J connectivity index is 2.25. The molecule has 94 valence electrons. The molecule has 5 heteroatoms. The fourth-order valence-electron chi connectivity index (χ4n) is 1.74. The van der Waals surface area contributed by atoms with Gasteiger partial charge in [-0.1, -0.05) is 17.7 Å². The van der Waals surface area contributed by atoms with Gasteiger partial charge in [0.1, 0.15) is 17.4 Å². The molecule has 2 rings (SSSR count). The van der Waals surface area contributed by atoms with Gasteiger partial charge in [-0.3, -0.25) is 0 Å². The van der Waals surface area contributed by atoms with Gasteiger partial charge in [0.25, 0.3) is 0 Å². The summed E-state index contributed by atoms with van der Waals surface area (Å²) in [6, 6.07) is 7.36. The number of nitrogen functional groups attached to an aromatic ring is 1. The molecule has 0 saturated heterocycles. The first-order valence-corrected chi connectivity index (χ1v) is 5.88. The number of hydrogen-bond acceptors (Lipinski definition) is 4. The van der Waals surface area contributed by atoms with Crippen LogP contribution in [0.15, 0.2) is 24.3 Å². The van der Waals surface area contributed by atoms with Crippen molar-refractivity contribution in [2.24, 2.45) is 0 Å². The van der Waals surface area contributed by atoms with Gasteiger partial charge >= 0.3 is 0 Å². The number of nitrogens with two attached hydrogens (primary N) is 1. The van der Waals surface area contributed by atoms with Crippen LogP contribution in [0.25, 0.3) is 0 Å². The van der Waals surface area contributed by atoms with Gasteiger partial charge in [0.2, 0.25) is 0 Å². The van der Waals surface area contributed by atoms with Crippen LogP contribution in [-0.4, -0.2) is 17.1 Å². The highest BCUT2D eigenvalue weighted by atomic mass is 35.5. The van der Waals surface area contributed by atoms with Crippen molar-refractivity contribution in [2.75, 3.05) is 12.8 Å². The Kier molecular flexibility index (Phi) is 3.67. The summed E-state index contributed by atoms with van der Waals surface area (Å²) in [6.45, 7) is 1.89. The van der Waals surface area contributed by atoms with Gasteiger partial charge in [0, 0.05) is 18.2 Å². The smallest absolute Gasteiger partial charge is 0.137 e. The van der Waals surface area contributed by atoms with Crippen molar-refractivity contribution >= 4 is 17.4 Å². The Morgan fingerprint density at radius 1 is 1.28 bits per heavy atom. The highest BCUT2D eigenvalue weighted by molar-refractivity contribution is 6.32. The standard InChI is InChI=1S/C13H14ClN3O/c1-8-5-12(15)17-13(16-8)7-9-3-4-11(18-2)10(14)6-9/h3-6H,7H2,1-2H3,(H2,15,16,17). The zero-order valence-corrected chi connectivity index (χ0v) is 11.0. The third kappa shape index (κ3) is 2.90. The number of aromatic nitrogens is 2. The number of methoxy groups -OCH3 is 1. The fraction of sp³-hybridized carbons (Fsp3) is 0.231. The number of nitrogens with zero attached hydrogens (tertiary/aromatic N) is 2. The molecule has 0 aliphatic carbocycles. The van der Waals surface area contributed by atoms with E-state index in [1.54, 1.807) is 13.2 Å². The van der Waals surface area contributed by atoms with E-state index in [4.69, 9.17) is 22.1 Å². The Morgan fingerprint density at radius 3 is 2.67 bits per heavy atom. The van der Waals surface area contributed by atoms with Gasteiger partial charge in [-0.15, -0.1) is 0 Å². The Morgan fingerprint density at radius 2 is 2.06 bits per heavy atom. The van der Waals surface area contributed by atoms with Gasteiger partial charge in [-0.25, -0.2) is 9.97 Å². The van der Waals surface area contributed by atoms with E-state index in [2.05, 4.69) is 9.97 Å². The number of halogens is 1. The van der Waals surface area contributed by atoms with Gasteiger partial charge in [-0.05, 0) is 24.6 Å². The largest absolute Gasteiger partial charge is 0.495 e. The summed E-state index contributed by atoms with van der Waals surface area (Å²) >= 11 is 6.07. The lowest BCUT2D eigenvalue weighted by molar-refractivity contribution is 0.415. The van der Waals surface area contributed by atoms with Crippen LogP contribution in [0.5, 0.6) is 5.75 Å². The van der Waals surface area contributed by atoms with Crippen LogP contribution in [0.1, 0.15) is 17.1 Å². The molecule has 0 unspecified atom stereocenters. The average Bonchev–Trinajstić information content (AvgIpc) is 2.27. The number of benzene rings is 1. The zero-order chi connectivity index (χ0) is 13.1. The van der Waals surface area contributed by atoms with Crippen molar-refractivity contribution in [1.82, 2.24) is 9.97 Å². The molecule has 2 N–H and O–H groups in total.